The number of allylic oxidation sites excluding steroid dienone is 1. The van der Waals surface area contributed by atoms with Crippen molar-refractivity contribution in [3.8, 4) is 0 Å². The fourth-order valence-corrected chi connectivity index (χ4v) is 5.58. The van der Waals surface area contributed by atoms with Gasteiger partial charge < -0.3 is 44.6 Å². The van der Waals surface area contributed by atoms with Gasteiger partial charge in [0.05, 0.1) is 0 Å². The number of anilines is 2. The summed E-state index contributed by atoms with van der Waals surface area (Å²) in [6, 6.07) is 26.1. The van der Waals surface area contributed by atoms with Crippen molar-refractivity contribution in [2.45, 2.75) is 6.82 Å². The smallest absolute Gasteiger partial charge is 0.437 e. The average molecular weight is 753 g/mol. The van der Waals surface area contributed by atoms with Crippen molar-refractivity contribution in [2.24, 2.45) is 0 Å². The standard InChI is InChI=1S/C18H20BN3O3.C10H17B2N3O3.C9H7ClO/c23-18(9-6-15-4-2-1-3-5-15)22-12-10-21(11-13-22)17-8-7-16(14-20-17)19(24)25;1-11(16)15-6-4-14(5-7-15)10-3-2-9(8-13-10)12(17)18;10-9(11)7-6-8-4-2-1-3-5-8/h1-9,14,24-25H,10-13H2;2-3,8,16-18H,4-7H2,1H3;1-7H/b9-6+;;7-6-. The second-order valence-electron chi connectivity index (χ2n) is 12.4. The number of rotatable bonds is 9. The molecule has 280 valence electrons. The molecule has 0 aliphatic carbocycles. The average Bonchev–Trinajstić information content (AvgIpc) is 3.20. The van der Waals surface area contributed by atoms with E-state index in [1.807, 2.05) is 76.5 Å². The summed E-state index contributed by atoms with van der Waals surface area (Å²) < 4.78 is 0. The Kier molecular flexibility index (Phi) is 16.9. The van der Waals surface area contributed by atoms with E-state index < -0.39 is 26.5 Å². The number of aromatic nitrogens is 2. The molecule has 2 aliphatic rings. The van der Waals surface area contributed by atoms with Crippen LogP contribution in [0.3, 0.4) is 0 Å². The van der Waals surface area contributed by atoms with Crippen LogP contribution in [0.15, 0.2) is 109 Å². The van der Waals surface area contributed by atoms with Crippen LogP contribution < -0.4 is 20.7 Å². The van der Waals surface area contributed by atoms with E-state index >= 15 is 0 Å². The van der Waals surface area contributed by atoms with E-state index in [-0.39, 0.29) is 5.91 Å². The Balaban J connectivity index is 0.000000195. The minimum Gasteiger partial charge on any atom is -0.437 e. The van der Waals surface area contributed by atoms with Crippen LogP contribution >= 0.6 is 11.6 Å². The van der Waals surface area contributed by atoms with Gasteiger partial charge in [0.25, 0.3) is 0 Å². The highest BCUT2D eigenvalue weighted by molar-refractivity contribution is 6.66. The first-order chi connectivity index (χ1) is 26.0. The Labute approximate surface area is 321 Å². The summed E-state index contributed by atoms with van der Waals surface area (Å²) >= 11 is 5.10. The zero-order chi connectivity index (χ0) is 38.9. The normalized spacial score (nSPS) is 14.5. The molecule has 6 rings (SSSR count). The largest absolute Gasteiger partial charge is 0.490 e. The van der Waals surface area contributed by atoms with E-state index in [0.29, 0.717) is 37.1 Å². The van der Waals surface area contributed by atoms with Crippen LogP contribution in [0, 0.1) is 0 Å². The van der Waals surface area contributed by atoms with Crippen molar-refractivity contribution < 1.29 is 34.7 Å². The lowest BCUT2D eigenvalue weighted by molar-refractivity contribution is -0.126. The van der Waals surface area contributed by atoms with Crippen LogP contribution in [0.4, 0.5) is 11.6 Å². The Morgan fingerprint density at radius 1 is 0.611 bits per heavy atom. The molecule has 2 aliphatic heterocycles. The maximum absolute atomic E-state index is 12.3. The van der Waals surface area contributed by atoms with Gasteiger partial charge in [0.2, 0.25) is 11.1 Å². The summed E-state index contributed by atoms with van der Waals surface area (Å²) in [7, 11) is -3.39. The summed E-state index contributed by atoms with van der Waals surface area (Å²) in [6.45, 7) is 7.61. The van der Waals surface area contributed by atoms with Crippen molar-refractivity contribution >= 4 is 78.8 Å². The number of pyridine rings is 2. The zero-order valence-corrected chi connectivity index (χ0v) is 30.8. The molecule has 13 nitrogen and oxygen atoms in total. The Hall–Kier alpha value is -4.80. The molecule has 2 fully saturated rings. The summed E-state index contributed by atoms with van der Waals surface area (Å²) in [6.07, 6.45) is 9.38. The summed E-state index contributed by atoms with van der Waals surface area (Å²) in [5.41, 5.74) is 2.73. The number of amides is 1. The quantitative estimate of drug-likeness (QED) is 0.0917. The highest BCUT2D eigenvalue weighted by Crippen LogP contribution is 2.14. The highest BCUT2D eigenvalue weighted by atomic mass is 35.5. The molecule has 1 amide bonds. The van der Waals surface area contributed by atoms with Crippen molar-refractivity contribution in [3.05, 3.63) is 121 Å². The number of piperazine rings is 2. The molecule has 54 heavy (non-hydrogen) atoms. The predicted octanol–water partition coefficient (Wildman–Crippen LogP) is 0.582. The molecular formula is C37H44B3ClN6O7. The minimum atomic E-state index is -1.51. The van der Waals surface area contributed by atoms with E-state index in [9.17, 15) is 14.6 Å². The van der Waals surface area contributed by atoms with Crippen LogP contribution in [0.1, 0.15) is 11.1 Å². The number of carbonyl (C=O) groups excluding carboxylic acids is 2. The van der Waals surface area contributed by atoms with Gasteiger partial charge in [-0.1, -0.05) is 78.9 Å². The fourth-order valence-electron chi connectivity index (χ4n) is 5.52. The number of benzene rings is 2. The zero-order valence-electron chi connectivity index (χ0n) is 30.0. The van der Waals surface area contributed by atoms with Crippen molar-refractivity contribution in [1.82, 2.24) is 19.7 Å². The van der Waals surface area contributed by atoms with Gasteiger partial charge in [0.15, 0.2) is 0 Å². The first-order valence-corrected chi connectivity index (χ1v) is 17.9. The van der Waals surface area contributed by atoms with E-state index in [2.05, 4.69) is 19.8 Å². The number of nitrogens with zero attached hydrogens (tertiary/aromatic N) is 6. The molecule has 2 aromatic heterocycles. The van der Waals surface area contributed by atoms with Gasteiger partial charge in [0, 0.05) is 81.8 Å². The van der Waals surface area contributed by atoms with Crippen LogP contribution in [-0.2, 0) is 9.59 Å². The third-order valence-electron chi connectivity index (χ3n) is 8.64. The Bertz CT molecular complexity index is 1780. The van der Waals surface area contributed by atoms with Gasteiger partial charge in [-0.25, -0.2) is 9.97 Å². The van der Waals surface area contributed by atoms with Gasteiger partial charge in [-0.2, -0.15) is 0 Å². The minimum absolute atomic E-state index is 0.00946. The SMILES string of the molecule is CB(O)N1CCN(c2ccc(B(O)O)cn2)CC1.O=C(/C=C/c1ccccc1)N1CCN(c2ccc(B(O)O)cn2)CC1.O=C(Cl)/C=C\c1ccccc1. The van der Waals surface area contributed by atoms with Crippen molar-refractivity contribution in [3.63, 3.8) is 0 Å². The summed E-state index contributed by atoms with van der Waals surface area (Å²) in [5.74, 6) is 1.61. The second kappa shape index (κ2) is 21.8. The fraction of sp³-hybridized carbons (Fsp3) is 0.243. The molecule has 0 saturated carbocycles. The number of carbonyl (C=O) groups is 2. The van der Waals surface area contributed by atoms with E-state index in [4.69, 9.17) is 31.7 Å². The van der Waals surface area contributed by atoms with Crippen molar-refractivity contribution in [2.75, 3.05) is 62.2 Å². The van der Waals surface area contributed by atoms with Gasteiger partial charge in [-0.15, -0.1) is 0 Å². The van der Waals surface area contributed by atoms with E-state index in [1.54, 1.807) is 43.2 Å². The van der Waals surface area contributed by atoms with Crippen LogP contribution in [0.5, 0.6) is 0 Å². The molecule has 0 spiro atoms. The molecular weight excluding hydrogens is 708 g/mol. The molecule has 2 saturated heterocycles. The number of hydrogen-bond donors (Lipinski definition) is 5. The number of hydrogen-bond acceptors (Lipinski definition) is 12. The summed E-state index contributed by atoms with van der Waals surface area (Å²) in [4.78, 5) is 39.1. The van der Waals surface area contributed by atoms with Crippen LogP contribution in [-0.4, -0.2) is 130 Å². The lowest BCUT2D eigenvalue weighted by atomic mass is 9.82. The third kappa shape index (κ3) is 13.9. The molecule has 5 N–H and O–H groups in total. The summed E-state index contributed by atoms with van der Waals surface area (Å²) in [5, 5.41) is 45.2. The maximum Gasteiger partial charge on any atom is 0.490 e. The lowest BCUT2D eigenvalue weighted by Crippen LogP contribution is -2.51. The maximum atomic E-state index is 12.3. The molecule has 4 heterocycles. The molecule has 0 bridgehead atoms. The molecule has 0 unspecified atom stereocenters. The Morgan fingerprint density at radius 2 is 1.04 bits per heavy atom. The topological polar surface area (TPSA) is 174 Å². The lowest BCUT2D eigenvalue weighted by Gasteiger charge is -2.35. The third-order valence-corrected chi connectivity index (χ3v) is 8.77. The molecule has 0 atom stereocenters. The predicted molar refractivity (Wildman–Crippen MR) is 216 cm³/mol. The monoisotopic (exact) mass is 752 g/mol. The van der Waals surface area contributed by atoms with Crippen LogP contribution in [0.25, 0.3) is 12.2 Å². The molecule has 4 aromatic rings. The van der Waals surface area contributed by atoms with Crippen molar-refractivity contribution in [1.29, 1.82) is 0 Å². The van der Waals surface area contributed by atoms with E-state index in [0.717, 1.165) is 48.9 Å². The molecule has 17 heteroatoms. The van der Waals surface area contributed by atoms with E-state index in [1.165, 1.54) is 18.5 Å². The molecule has 2 aromatic carbocycles. The van der Waals surface area contributed by atoms with Crippen LogP contribution in [0.2, 0.25) is 6.82 Å². The first-order valence-electron chi connectivity index (χ1n) is 17.5. The Morgan fingerprint density at radius 3 is 1.41 bits per heavy atom. The van der Waals surface area contributed by atoms with Gasteiger partial charge in [-0.05, 0) is 53.8 Å². The van der Waals surface area contributed by atoms with Gasteiger partial charge >= 0.3 is 21.3 Å². The van der Waals surface area contributed by atoms with Gasteiger partial charge in [-0.3, -0.25) is 9.59 Å². The highest BCUT2D eigenvalue weighted by Gasteiger charge is 2.24. The molecule has 0 radical (unpaired) electrons. The first kappa shape index (κ1) is 42.0. The van der Waals surface area contributed by atoms with Gasteiger partial charge in [0.1, 0.15) is 11.6 Å². The number of halogens is 1. The second-order valence-corrected chi connectivity index (χ2v) is 12.8.